The fourth-order valence-corrected chi connectivity index (χ4v) is 4.27. The second-order valence-electron chi connectivity index (χ2n) is 9.46. The predicted molar refractivity (Wildman–Crippen MR) is 140 cm³/mol. The molecule has 0 spiro atoms. The van der Waals surface area contributed by atoms with Crippen molar-refractivity contribution in [3.05, 3.63) is 12.7 Å². The lowest BCUT2D eigenvalue weighted by atomic mass is 9.82. The van der Waals surface area contributed by atoms with Crippen LogP contribution in [0, 0.1) is 5.92 Å². The topological polar surface area (TPSA) is 92.7 Å². The van der Waals surface area contributed by atoms with Crippen LogP contribution in [0.3, 0.4) is 0 Å². The van der Waals surface area contributed by atoms with Crippen LogP contribution >= 0.6 is 0 Å². The number of esters is 1. The summed E-state index contributed by atoms with van der Waals surface area (Å²) in [5, 5.41) is 12.1. The third kappa shape index (κ3) is 10.0. The van der Waals surface area contributed by atoms with E-state index >= 15 is 0 Å². The monoisotopic (exact) mass is 516 g/mol. The number of hydrogen-bond donors (Lipinski definition) is 1. The van der Waals surface area contributed by atoms with Gasteiger partial charge in [-0.1, -0.05) is 59.5 Å². The molecule has 0 aromatic carbocycles. The molecular weight excluding hydrogens is 464 g/mol. The van der Waals surface area contributed by atoms with Crippen molar-refractivity contribution in [2.24, 2.45) is 5.92 Å². The Bertz CT molecular complexity index is 586. The Kier molecular flexibility index (Phi) is 17.5. The quantitative estimate of drug-likeness (QED) is 0.132. The first-order valence-electron chi connectivity index (χ1n) is 14.0. The van der Waals surface area contributed by atoms with Crippen molar-refractivity contribution in [1.29, 1.82) is 0 Å². The molecule has 1 rings (SSSR count). The Hall–Kier alpha value is -1.03. The normalized spacial score (nSPS) is 27.1. The smallest absolute Gasteiger partial charge is 0.314 e. The SMILES string of the molecule is C=CCC(C(=O)OC)[C@]1(O)OC(COCCCC)[C@@H](OCCCC)[C@H](OCCCC)C1OCCCC. The van der Waals surface area contributed by atoms with Crippen LogP contribution in [0.1, 0.15) is 85.5 Å². The van der Waals surface area contributed by atoms with Gasteiger partial charge in [0, 0.05) is 26.4 Å². The Balaban J connectivity index is 3.47. The molecule has 1 N–H and O–H groups in total. The summed E-state index contributed by atoms with van der Waals surface area (Å²) < 4.78 is 36.3. The molecule has 0 radical (unpaired) electrons. The van der Waals surface area contributed by atoms with Crippen molar-refractivity contribution in [3.63, 3.8) is 0 Å². The molecule has 1 fully saturated rings. The van der Waals surface area contributed by atoms with Gasteiger partial charge in [-0.15, -0.1) is 6.58 Å². The zero-order chi connectivity index (χ0) is 26.8. The number of carbonyl (C=O) groups excluding carboxylic acids is 1. The van der Waals surface area contributed by atoms with Crippen LogP contribution in [0.5, 0.6) is 0 Å². The molecule has 36 heavy (non-hydrogen) atoms. The van der Waals surface area contributed by atoms with E-state index in [1.807, 2.05) is 0 Å². The molecule has 0 aromatic heterocycles. The Morgan fingerprint density at radius 3 is 1.97 bits per heavy atom. The first-order chi connectivity index (χ1) is 17.4. The van der Waals surface area contributed by atoms with Gasteiger partial charge in [0.25, 0.3) is 0 Å². The number of aliphatic hydroxyl groups is 1. The van der Waals surface area contributed by atoms with Crippen LogP contribution in [0.4, 0.5) is 0 Å². The predicted octanol–water partition coefficient (Wildman–Crippen LogP) is 4.81. The molecule has 1 aliphatic heterocycles. The second-order valence-corrected chi connectivity index (χ2v) is 9.46. The summed E-state index contributed by atoms with van der Waals surface area (Å²) in [6.45, 7) is 14.3. The number of rotatable bonds is 21. The molecule has 212 valence electrons. The maximum absolute atomic E-state index is 12.9. The van der Waals surface area contributed by atoms with E-state index in [0.717, 1.165) is 51.4 Å². The Labute approximate surface area is 219 Å². The van der Waals surface area contributed by atoms with E-state index in [1.165, 1.54) is 7.11 Å². The number of allylic oxidation sites excluding steroid dienone is 1. The third-order valence-corrected chi connectivity index (χ3v) is 6.46. The molecule has 1 saturated heterocycles. The molecule has 0 amide bonds. The molecule has 6 atom stereocenters. The molecule has 3 unspecified atom stereocenters. The van der Waals surface area contributed by atoms with Crippen molar-refractivity contribution in [2.45, 2.75) is 116 Å². The molecule has 0 bridgehead atoms. The summed E-state index contributed by atoms with van der Waals surface area (Å²) >= 11 is 0. The highest BCUT2D eigenvalue weighted by Crippen LogP contribution is 2.40. The molecule has 0 saturated carbocycles. The summed E-state index contributed by atoms with van der Waals surface area (Å²) in [4.78, 5) is 12.9. The highest BCUT2D eigenvalue weighted by molar-refractivity contribution is 5.74. The number of carbonyl (C=O) groups is 1. The highest BCUT2D eigenvalue weighted by atomic mass is 16.7. The number of ether oxygens (including phenoxy) is 6. The summed E-state index contributed by atoms with van der Waals surface area (Å²) in [7, 11) is 1.30. The van der Waals surface area contributed by atoms with Crippen molar-refractivity contribution < 1.29 is 38.3 Å². The average Bonchev–Trinajstić information content (AvgIpc) is 2.87. The number of hydrogen-bond acceptors (Lipinski definition) is 8. The fraction of sp³-hybridized carbons (Fsp3) is 0.893. The van der Waals surface area contributed by atoms with Gasteiger partial charge >= 0.3 is 5.97 Å². The van der Waals surface area contributed by atoms with Crippen LogP contribution in [0.15, 0.2) is 12.7 Å². The minimum Gasteiger partial charge on any atom is -0.469 e. The van der Waals surface area contributed by atoms with Gasteiger partial charge in [0.05, 0.1) is 13.7 Å². The number of unbranched alkanes of at least 4 members (excludes halogenated alkanes) is 4. The lowest BCUT2D eigenvalue weighted by molar-refractivity contribution is -0.380. The third-order valence-electron chi connectivity index (χ3n) is 6.46. The highest BCUT2D eigenvalue weighted by Gasteiger charge is 2.61. The summed E-state index contributed by atoms with van der Waals surface area (Å²) in [5.74, 6) is -3.64. The van der Waals surface area contributed by atoms with Crippen LogP contribution in [0.2, 0.25) is 0 Å². The van der Waals surface area contributed by atoms with Gasteiger partial charge in [-0.25, -0.2) is 0 Å². The van der Waals surface area contributed by atoms with Gasteiger partial charge in [-0.2, -0.15) is 0 Å². The molecule has 1 aliphatic rings. The van der Waals surface area contributed by atoms with Crippen LogP contribution in [-0.2, 0) is 33.2 Å². The standard InChI is InChI=1S/C28H52O8/c1-7-12-17-32-21-23-24(33-18-13-8-2)25(34-19-14-9-3)26(35-20-15-10-4)28(30,36-23)22(16-11-5)27(29)31-6/h11,22-26,30H,5,7-10,12-21H2,1-4,6H3/t22?,23?,24-,25+,26?,28+/m1/s1. The van der Waals surface area contributed by atoms with Crippen LogP contribution in [0.25, 0.3) is 0 Å². The molecule has 0 aromatic rings. The van der Waals surface area contributed by atoms with Gasteiger partial charge in [0.2, 0.25) is 5.79 Å². The first kappa shape index (κ1) is 33.0. The first-order valence-corrected chi connectivity index (χ1v) is 14.0. The molecule has 0 aliphatic carbocycles. The molecule has 1 heterocycles. The largest absolute Gasteiger partial charge is 0.469 e. The van der Waals surface area contributed by atoms with Crippen LogP contribution in [-0.4, -0.2) is 81.4 Å². The van der Waals surface area contributed by atoms with E-state index in [4.69, 9.17) is 28.4 Å². The second kappa shape index (κ2) is 19.1. The van der Waals surface area contributed by atoms with Crippen molar-refractivity contribution in [3.8, 4) is 0 Å². The maximum atomic E-state index is 12.9. The average molecular weight is 517 g/mol. The van der Waals surface area contributed by atoms with Gasteiger partial charge in [-0.05, 0) is 32.1 Å². The zero-order valence-electron chi connectivity index (χ0n) is 23.4. The van der Waals surface area contributed by atoms with Gasteiger partial charge in [0.15, 0.2) is 0 Å². The lowest BCUT2D eigenvalue weighted by Crippen LogP contribution is -2.70. The van der Waals surface area contributed by atoms with E-state index in [2.05, 4.69) is 34.3 Å². The van der Waals surface area contributed by atoms with E-state index in [-0.39, 0.29) is 13.0 Å². The number of methoxy groups -OCH3 is 1. The molecule has 8 heteroatoms. The van der Waals surface area contributed by atoms with Crippen molar-refractivity contribution in [1.82, 2.24) is 0 Å². The summed E-state index contributed by atoms with van der Waals surface area (Å²) in [6.07, 6.45) is 6.26. The van der Waals surface area contributed by atoms with Crippen molar-refractivity contribution >= 4 is 5.97 Å². The minimum absolute atomic E-state index is 0.156. The summed E-state index contributed by atoms with van der Waals surface area (Å²) in [5.41, 5.74) is 0. The summed E-state index contributed by atoms with van der Waals surface area (Å²) in [6, 6.07) is 0. The van der Waals surface area contributed by atoms with Crippen molar-refractivity contribution in [2.75, 3.05) is 40.1 Å². The molecule has 8 nitrogen and oxygen atoms in total. The van der Waals surface area contributed by atoms with E-state index in [9.17, 15) is 9.90 Å². The van der Waals surface area contributed by atoms with E-state index in [0.29, 0.717) is 26.4 Å². The lowest BCUT2D eigenvalue weighted by Gasteiger charge is -2.52. The van der Waals surface area contributed by atoms with Crippen LogP contribution < -0.4 is 0 Å². The van der Waals surface area contributed by atoms with Gasteiger partial charge in [-0.3, -0.25) is 4.79 Å². The van der Waals surface area contributed by atoms with Gasteiger partial charge < -0.3 is 33.5 Å². The minimum atomic E-state index is -2.00. The van der Waals surface area contributed by atoms with E-state index < -0.39 is 42.1 Å². The molecular formula is C28H52O8. The maximum Gasteiger partial charge on any atom is 0.314 e. The Morgan fingerprint density at radius 1 is 0.917 bits per heavy atom. The zero-order valence-corrected chi connectivity index (χ0v) is 23.4. The fourth-order valence-electron chi connectivity index (χ4n) is 4.27. The Morgan fingerprint density at radius 2 is 1.44 bits per heavy atom. The van der Waals surface area contributed by atoms with Gasteiger partial charge in [0.1, 0.15) is 30.3 Å². The van der Waals surface area contributed by atoms with E-state index in [1.54, 1.807) is 6.08 Å².